The van der Waals surface area contributed by atoms with Gasteiger partial charge in [-0.1, -0.05) is 37.6 Å². The van der Waals surface area contributed by atoms with Gasteiger partial charge in [-0.2, -0.15) is 0 Å². The van der Waals surface area contributed by atoms with Gasteiger partial charge in [0.1, 0.15) is 17.3 Å². The number of ketones is 1. The van der Waals surface area contributed by atoms with Gasteiger partial charge in [-0.05, 0) is 60.4 Å². The van der Waals surface area contributed by atoms with E-state index in [-0.39, 0.29) is 17.9 Å². The zero-order chi connectivity index (χ0) is 25.8. The van der Waals surface area contributed by atoms with Crippen LogP contribution in [0.1, 0.15) is 42.1 Å². The number of carbonyl (C=O) groups excluding carboxylic acids is 2. The van der Waals surface area contributed by atoms with E-state index in [9.17, 15) is 14.7 Å². The minimum atomic E-state index is -0.814. The number of benzene rings is 2. The van der Waals surface area contributed by atoms with Crippen LogP contribution in [-0.2, 0) is 16.1 Å². The van der Waals surface area contributed by atoms with Crippen LogP contribution in [0.5, 0.6) is 11.5 Å². The van der Waals surface area contributed by atoms with Gasteiger partial charge in [0.2, 0.25) is 0 Å². The molecule has 1 atom stereocenters. The number of Topliss-reactive ketones (excluding diaryl/α,β-unsaturated/α-hetero) is 1. The van der Waals surface area contributed by atoms with Crippen LogP contribution >= 0.6 is 0 Å². The van der Waals surface area contributed by atoms with Crippen molar-refractivity contribution in [3.8, 4) is 11.5 Å². The molecule has 1 amide bonds. The molecular weight excluding hydrogens is 456 g/mol. The van der Waals surface area contributed by atoms with E-state index in [2.05, 4.69) is 18.8 Å². The highest BCUT2D eigenvalue weighted by molar-refractivity contribution is 6.46. The lowest BCUT2D eigenvalue weighted by Crippen LogP contribution is -2.29. The van der Waals surface area contributed by atoms with Gasteiger partial charge in [-0.25, -0.2) is 0 Å². The highest BCUT2D eigenvalue weighted by Gasteiger charge is 2.46. The smallest absolute Gasteiger partial charge is 0.295 e. The van der Waals surface area contributed by atoms with Gasteiger partial charge < -0.3 is 19.5 Å². The normalized spacial score (nSPS) is 17.0. The Kier molecular flexibility index (Phi) is 7.38. The van der Waals surface area contributed by atoms with Gasteiger partial charge in [0, 0.05) is 18.9 Å². The van der Waals surface area contributed by atoms with Gasteiger partial charge in [0.25, 0.3) is 11.7 Å². The van der Waals surface area contributed by atoms with E-state index >= 15 is 0 Å². The summed E-state index contributed by atoms with van der Waals surface area (Å²) in [7, 11) is 1.50. The summed E-state index contributed by atoms with van der Waals surface area (Å²) in [5.41, 5.74) is 2.73. The fourth-order valence-electron chi connectivity index (χ4n) is 4.26. The van der Waals surface area contributed by atoms with Crippen LogP contribution in [0.15, 0.2) is 72.6 Å². The van der Waals surface area contributed by atoms with Crippen LogP contribution in [-0.4, -0.2) is 40.4 Å². The second kappa shape index (κ2) is 10.6. The molecule has 7 nitrogen and oxygen atoms in total. The van der Waals surface area contributed by atoms with E-state index in [1.807, 2.05) is 37.3 Å². The zero-order valence-corrected chi connectivity index (χ0v) is 20.9. The van der Waals surface area contributed by atoms with Crippen molar-refractivity contribution in [1.82, 2.24) is 9.88 Å². The molecule has 0 saturated carbocycles. The minimum absolute atomic E-state index is 0.0129. The molecule has 1 fully saturated rings. The highest BCUT2D eigenvalue weighted by Crippen LogP contribution is 2.42. The standard InChI is InChI=1S/C29H30N2O5/c1-18(2)17-36-22-7-5-6-21(15-22)26-25(27(32)23-14-19(3)8-9-24(23)35-4)28(33)29(34)31(26)16-20-10-12-30-13-11-20/h5-15,18,26,32H,16-17H2,1-4H3/b27-25+. The third-order valence-corrected chi connectivity index (χ3v) is 6.01. The van der Waals surface area contributed by atoms with Crippen LogP contribution in [0.25, 0.3) is 5.76 Å². The fraction of sp³-hybridized carbons (Fsp3) is 0.276. The summed E-state index contributed by atoms with van der Waals surface area (Å²) >= 11 is 0. The number of methoxy groups -OCH3 is 1. The lowest BCUT2D eigenvalue weighted by atomic mass is 9.94. The summed E-state index contributed by atoms with van der Waals surface area (Å²) in [5, 5.41) is 11.5. The molecular formula is C29H30N2O5. The number of pyridine rings is 1. The Morgan fingerprint density at radius 1 is 1.08 bits per heavy atom. The number of aliphatic hydroxyl groups is 1. The second-order valence-electron chi connectivity index (χ2n) is 9.26. The van der Waals surface area contributed by atoms with Crippen molar-refractivity contribution < 1.29 is 24.2 Å². The predicted molar refractivity (Wildman–Crippen MR) is 137 cm³/mol. The van der Waals surface area contributed by atoms with Crippen molar-refractivity contribution in [2.75, 3.05) is 13.7 Å². The van der Waals surface area contributed by atoms with E-state index < -0.39 is 17.7 Å². The molecule has 0 spiro atoms. The Hall–Kier alpha value is -4.13. The first-order chi connectivity index (χ1) is 17.3. The Bertz CT molecular complexity index is 1300. The lowest BCUT2D eigenvalue weighted by Gasteiger charge is -2.26. The molecule has 0 aliphatic carbocycles. The fourth-order valence-corrected chi connectivity index (χ4v) is 4.26. The largest absolute Gasteiger partial charge is 0.507 e. The summed E-state index contributed by atoms with van der Waals surface area (Å²) in [6.07, 6.45) is 3.28. The highest BCUT2D eigenvalue weighted by atomic mass is 16.5. The van der Waals surface area contributed by atoms with Gasteiger partial charge in [0.05, 0.1) is 30.9 Å². The van der Waals surface area contributed by atoms with Gasteiger partial charge in [0.15, 0.2) is 0 Å². The molecule has 36 heavy (non-hydrogen) atoms. The van der Waals surface area contributed by atoms with Crippen molar-refractivity contribution in [1.29, 1.82) is 0 Å². The number of nitrogens with zero attached hydrogens (tertiary/aromatic N) is 2. The Morgan fingerprint density at radius 2 is 1.83 bits per heavy atom. The van der Waals surface area contributed by atoms with E-state index in [0.29, 0.717) is 35.2 Å². The van der Waals surface area contributed by atoms with E-state index in [1.54, 1.807) is 36.7 Å². The average Bonchev–Trinajstić information content (AvgIpc) is 3.12. The van der Waals surface area contributed by atoms with Crippen molar-refractivity contribution in [2.45, 2.75) is 33.4 Å². The number of carbonyl (C=O) groups is 2. The number of rotatable bonds is 8. The SMILES string of the molecule is COc1ccc(C)cc1/C(O)=C1\C(=O)C(=O)N(Cc2ccncc2)C1c1cccc(OCC(C)C)c1. The molecule has 0 radical (unpaired) electrons. The maximum Gasteiger partial charge on any atom is 0.295 e. The van der Waals surface area contributed by atoms with Crippen LogP contribution in [0.4, 0.5) is 0 Å². The van der Waals surface area contributed by atoms with Crippen molar-refractivity contribution in [3.63, 3.8) is 0 Å². The van der Waals surface area contributed by atoms with Crippen molar-refractivity contribution in [2.24, 2.45) is 5.92 Å². The topological polar surface area (TPSA) is 89.0 Å². The van der Waals surface area contributed by atoms with E-state index in [0.717, 1.165) is 11.1 Å². The van der Waals surface area contributed by atoms with Crippen LogP contribution < -0.4 is 9.47 Å². The monoisotopic (exact) mass is 486 g/mol. The quantitative estimate of drug-likeness (QED) is 0.272. The minimum Gasteiger partial charge on any atom is -0.507 e. The summed E-state index contributed by atoms with van der Waals surface area (Å²) in [6.45, 7) is 6.70. The average molecular weight is 487 g/mol. The molecule has 7 heteroatoms. The number of likely N-dealkylation sites (tertiary alicyclic amines) is 1. The van der Waals surface area contributed by atoms with Crippen molar-refractivity contribution in [3.05, 3.63) is 94.8 Å². The molecule has 1 unspecified atom stereocenters. The molecule has 1 aliphatic rings. The Morgan fingerprint density at radius 3 is 2.53 bits per heavy atom. The summed E-state index contributed by atoms with van der Waals surface area (Å²) in [6, 6.07) is 15.4. The van der Waals surface area contributed by atoms with E-state index in [1.165, 1.54) is 12.0 Å². The van der Waals surface area contributed by atoms with Gasteiger partial charge in [-0.3, -0.25) is 14.6 Å². The first kappa shape index (κ1) is 25.0. The maximum atomic E-state index is 13.4. The molecule has 2 aromatic carbocycles. The number of aromatic nitrogens is 1. The third kappa shape index (κ3) is 5.10. The number of aryl methyl sites for hydroxylation is 1. The second-order valence-corrected chi connectivity index (χ2v) is 9.26. The molecule has 4 rings (SSSR count). The lowest BCUT2D eigenvalue weighted by molar-refractivity contribution is -0.140. The molecule has 186 valence electrons. The summed E-state index contributed by atoms with van der Waals surface area (Å²) < 4.78 is 11.4. The first-order valence-electron chi connectivity index (χ1n) is 11.8. The third-order valence-electron chi connectivity index (χ3n) is 6.01. The number of ether oxygens (including phenoxy) is 2. The molecule has 1 aromatic heterocycles. The molecule has 2 heterocycles. The molecule has 1 saturated heterocycles. The Balaban J connectivity index is 1.87. The van der Waals surface area contributed by atoms with Crippen LogP contribution in [0, 0.1) is 12.8 Å². The molecule has 1 N–H and O–H groups in total. The number of hydrogen-bond donors (Lipinski definition) is 1. The first-order valence-corrected chi connectivity index (χ1v) is 11.8. The van der Waals surface area contributed by atoms with Gasteiger partial charge in [-0.15, -0.1) is 0 Å². The zero-order valence-electron chi connectivity index (χ0n) is 20.9. The van der Waals surface area contributed by atoms with Crippen molar-refractivity contribution >= 4 is 17.4 Å². The summed E-state index contributed by atoms with van der Waals surface area (Å²) in [4.78, 5) is 32.2. The predicted octanol–water partition coefficient (Wildman–Crippen LogP) is 5.06. The van der Waals surface area contributed by atoms with Crippen LogP contribution in [0.3, 0.4) is 0 Å². The number of hydrogen-bond acceptors (Lipinski definition) is 6. The number of amides is 1. The molecule has 0 bridgehead atoms. The molecule has 1 aliphatic heterocycles. The maximum absolute atomic E-state index is 13.4. The summed E-state index contributed by atoms with van der Waals surface area (Å²) in [5.74, 6) is -0.332. The van der Waals surface area contributed by atoms with Crippen LogP contribution in [0.2, 0.25) is 0 Å². The number of aliphatic hydroxyl groups excluding tert-OH is 1. The Labute approximate surface area is 211 Å². The van der Waals surface area contributed by atoms with E-state index in [4.69, 9.17) is 9.47 Å². The molecule has 3 aromatic rings. The van der Waals surface area contributed by atoms with Gasteiger partial charge >= 0.3 is 0 Å².